The number of halogens is 1. The number of rotatable bonds is 3. The van der Waals surface area contributed by atoms with Gasteiger partial charge in [-0.25, -0.2) is 0 Å². The highest BCUT2D eigenvalue weighted by molar-refractivity contribution is 14.1. The number of carbonyl (C=O) groups excluding carboxylic acids is 1. The van der Waals surface area contributed by atoms with Crippen LogP contribution in [0.25, 0.3) is 0 Å². The maximum absolute atomic E-state index is 12.2. The fraction of sp³-hybridized carbons (Fsp3) is 0.350. The zero-order valence-electron chi connectivity index (χ0n) is 15.1. The number of carbonyl (C=O) groups is 1. The van der Waals surface area contributed by atoms with Crippen LogP contribution in [0.4, 0.5) is 5.69 Å². The first-order valence-corrected chi connectivity index (χ1v) is 11.6. The molecule has 28 heavy (non-hydrogen) atoms. The second kappa shape index (κ2) is 8.54. The lowest BCUT2D eigenvalue weighted by atomic mass is 9.83. The molecule has 0 saturated carbocycles. The Labute approximate surface area is 187 Å². The van der Waals surface area contributed by atoms with E-state index >= 15 is 0 Å². The van der Waals surface area contributed by atoms with Crippen molar-refractivity contribution in [2.75, 3.05) is 24.2 Å². The predicted molar refractivity (Wildman–Crippen MR) is 126 cm³/mol. The molecule has 5 nitrogen and oxygen atoms in total. The SMILES string of the molecule is O=C(CSC(=S)N1C[C@H]2C[C@H](C1)c1cccc(=O)n1C2)Nc1ccc(I)cc1. The molecule has 2 bridgehead atoms. The van der Waals surface area contributed by atoms with E-state index in [0.29, 0.717) is 17.6 Å². The first-order valence-electron chi connectivity index (χ1n) is 9.16. The van der Waals surface area contributed by atoms with Gasteiger partial charge < -0.3 is 14.8 Å². The van der Waals surface area contributed by atoms with E-state index in [1.165, 1.54) is 11.8 Å². The molecule has 0 spiro atoms. The number of nitrogens with zero attached hydrogens (tertiary/aromatic N) is 2. The average Bonchev–Trinajstić information content (AvgIpc) is 2.68. The van der Waals surface area contributed by atoms with Crippen molar-refractivity contribution in [3.8, 4) is 0 Å². The quantitative estimate of drug-likeness (QED) is 0.491. The number of thiocarbonyl (C=S) groups is 1. The fourth-order valence-corrected chi connectivity index (χ4v) is 5.34. The molecule has 0 aliphatic carbocycles. The minimum Gasteiger partial charge on any atom is -0.356 e. The molecule has 1 aromatic heterocycles. The van der Waals surface area contributed by atoms with Gasteiger partial charge in [0, 0.05) is 46.6 Å². The lowest BCUT2D eigenvalue weighted by Crippen LogP contribution is -2.48. The van der Waals surface area contributed by atoms with Crippen LogP contribution in [-0.4, -0.2) is 38.5 Å². The number of hydrogen-bond donors (Lipinski definition) is 1. The van der Waals surface area contributed by atoms with E-state index in [2.05, 4.69) is 38.9 Å². The molecule has 1 saturated heterocycles. The van der Waals surface area contributed by atoms with Gasteiger partial charge in [0.2, 0.25) is 5.91 Å². The molecule has 0 radical (unpaired) electrons. The van der Waals surface area contributed by atoms with Gasteiger partial charge in [-0.15, -0.1) is 0 Å². The Morgan fingerprint density at radius 2 is 1.96 bits per heavy atom. The zero-order chi connectivity index (χ0) is 19.7. The van der Waals surface area contributed by atoms with Crippen molar-refractivity contribution in [1.82, 2.24) is 9.47 Å². The number of thioether (sulfide) groups is 1. The largest absolute Gasteiger partial charge is 0.356 e. The average molecular weight is 525 g/mol. The van der Waals surface area contributed by atoms with E-state index in [1.54, 1.807) is 6.07 Å². The third kappa shape index (κ3) is 4.44. The molecular formula is C20H20IN3O2S2. The van der Waals surface area contributed by atoms with Gasteiger partial charge in [0.25, 0.3) is 5.56 Å². The minimum atomic E-state index is -0.0531. The van der Waals surface area contributed by atoms with Gasteiger partial charge in [-0.2, -0.15) is 0 Å². The minimum absolute atomic E-state index is 0.0531. The van der Waals surface area contributed by atoms with E-state index in [9.17, 15) is 9.59 Å². The monoisotopic (exact) mass is 525 g/mol. The summed E-state index contributed by atoms with van der Waals surface area (Å²) in [6, 6.07) is 13.2. The van der Waals surface area contributed by atoms with Gasteiger partial charge in [-0.3, -0.25) is 9.59 Å². The number of aromatic nitrogens is 1. The lowest BCUT2D eigenvalue weighted by molar-refractivity contribution is -0.113. The highest BCUT2D eigenvalue weighted by atomic mass is 127. The summed E-state index contributed by atoms with van der Waals surface area (Å²) in [5, 5.41) is 2.91. The van der Waals surface area contributed by atoms with E-state index in [1.807, 2.05) is 34.9 Å². The van der Waals surface area contributed by atoms with Crippen LogP contribution in [0.5, 0.6) is 0 Å². The van der Waals surface area contributed by atoms with Crippen molar-refractivity contribution in [1.29, 1.82) is 0 Å². The number of hydrogen-bond acceptors (Lipinski definition) is 4. The molecule has 4 rings (SSSR count). The van der Waals surface area contributed by atoms with Gasteiger partial charge in [0.15, 0.2) is 0 Å². The number of nitrogens with one attached hydrogen (secondary N) is 1. The molecular weight excluding hydrogens is 505 g/mol. The van der Waals surface area contributed by atoms with Crippen LogP contribution in [0.1, 0.15) is 18.0 Å². The van der Waals surface area contributed by atoms with Crippen LogP contribution >= 0.6 is 46.6 Å². The van der Waals surface area contributed by atoms with E-state index in [-0.39, 0.29) is 11.5 Å². The molecule has 2 atom stereocenters. The summed E-state index contributed by atoms with van der Waals surface area (Å²) in [4.78, 5) is 26.6. The maximum atomic E-state index is 12.2. The summed E-state index contributed by atoms with van der Waals surface area (Å²) in [5.74, 6) is 0.987. The zero-order valence-corrected chi connectivity index (χ0v) is 18.9. The second-order valence-corrected chi connectivity index (χ2v) is 10.1. The van der Waals surface area contributed by atoms with Gasteiger partial charge in [-0.05, 0) is 65.3 Å². The summed E-state index contributed by atoms with van der Waals surface area (Å²) in [5.41, 5.74) is 1.99. The molecule has 8 heteroatoms. The van der Waals surface area contributed by atoms with Crippen molar-refractivity contribution < 1.29 is 4.79 Å². The van der Waals surface area contributed by atoms with Crippen molar-refractivity contribution in [2.24, 2.45) is 5.92 Å². The Hall–Kier alpha value is -1.39. The number of benzene rings is 1. The Morgan fingerprint density at radius 3 is 2.75 bits per heavy atom. The Kier molecular flexibility index (Phi) is 6.07. The van der Waals surface area contributed by atoms with Crippen LogP contribution < -0.4 is 10.9 Å². The topological polar surface area (TPSA) is 54.3 Å². The van der Waals surface area contributed by atoms with E-state index in [0.717, 1.165) is 45.3 Å². The van der Waals surface area contributed by atoms with Gasteiger partial charge in [0.05, 0.1) is 5.75 Å². The molecule has 1 fully saturated rings. The molecule has 1 N–H and O–H groups in total. The maximum Gasteiger partial charge on any atom is 0.250 e. The highest BCUT2D eigenvalue weighted by Crippen LogP contribution is 2.36. The summed E-state index contributed by atoms with van der Waals surface area (Å²) in [6.45, 7) is 2.41. The van der Waals surface area contributed by atoms with Crippen molar-refractivity contribution in [3.05, 3.63) is 62.1 Å². The first kappa shape index (κ1) is 19.9. The van der Waals surface area contributed by atoms with Gasteiger partial charge >= 0.3 is 0 Å². The number of amides is 1. The Balaban J connectivity index is 1.34. The third-order valence-corrected chi connectivity index (χ3v) is 7.44. The Bertz CT molecular complexity index is 961. The molecule has 1 amide bonds. The van der Waals surface area contributed by atoms with E-state index < -0.39 is 0 Å². The third-order valence-electron chi connectivity index (χ3n) is 5.19. The van der Waals surface area contributed by atoms with Crippen molar-refractivity contribution in [2.45, 2.75) is 18.9 Å². The first-order chi connectivity index (χ1) is 13.5. The molecule has 2 aliphatic rings. The molecule has 2 aromatic rings. The number of anilines is 1. The Morgan fingerprint density at radius 1 is 1.18 bits per heavy atom. The fourth-order valence-electron chi connectivity index (χ4n) is 3.99. The van der Waals surface area contributed by atoms with Crippen LogP contribution in [0.2, 0.25) is 0 Å². The van der Waals surface area contributed by atoms with E-state index in [4.69, 9.17) is 12.2 Å². The van der Waals surface area contributed by atoms with Crippen molar-refractivity contribution in [3.63, 3.8) is 0 Å². The number of piperidine rings is 1. The molecule has 3 heterocycles. The number of fused-ring (bicyclic) bond motifs is 4. The smallest absolute Gasteiger partial charge is 0.250 e. The van der Waals surface area contributed by atoms with Gasteiger partial charge in [0.1, 0.15) is 4.32 Å². The molecule has 2 aliphatic heterocycles. The number of likely N-dealkylation sites (tertiary alicyclic amines) is 1. The van der Waals surface area contributed by atoms with Crippen LogP contribution in [0.3, 0.4) is 0 Å². The molecule has 0 unspecified atom stereocenters. The molecule has 1 aromatic carbocycles. The van der Waals surface area contributed by atoms with Crippen molar-refractivity contribution >= 4 is 62.5 Å². The summed E-state index contributed by atoms with van der Waals surface area (Å²) in [6.07, 6.45) is 1.10. The second-order valence-electron chi connectivity index (χ2n) is 7.21. The predicted octanol–water partition coefficient (Wildman–Crippen LogP) is 3.53. The summed E-state index contributed by atoms with van der Waals surface area (Å²) in [7, 11) is 0. The van der Waals surface area contributed by atoms with Crippen LogP contribution in [-0.2, 0) is 11.3 Å². The van der Waals surface area contributed by atoms with Crippen LogP contribution in [0, 0.1) is 9.49 Å². The van der Waals surface area contributed by atoms with Gasteiger partial charge in [-0.1, -0.05) is 30.0 Å². The molecule has 146 valence electrons. The normalized spacial score (nSPS) is 20.4. The summed E-state index contributed by atoms with van der Waals surface area (Å²) >= 11 is 9.26. The van der Waals surface area contributed by atoms with Crippen LogP contribution in [0.15, 0.2) is 47.3 Å². The number of pyridine rings is 1. The standard InChI is InChI=1S/C20H20IN3O2S2/c21-15-4-6-16(7-5-15)22-18(25)12-28-20(27)23-9-13-8-14(11-23)17-2-1-3-19(26)24(17)10-13/h1-7,13-14H,8-12H2,(H,22,25)/t13-,14-/m1/s1. The summed E-state index contributed by atoms with van der Waals surface area (Å²) < 4.78 is 3.81. The highest BCUT2D eigenvalue weighted by Gasteiger charge is 2.35. The lowest BCUT2D eigenvalue weighted by Gasteiger charge is -2.43.